The maximum absolute atomic E-state index is 12.5. The summed E-state index contributed by atoms with van der Waals surface area (Å²) in [5.41, 5.74) is 0. The topological polar surface area (TPSA) is 133 Å². The van der Waals surface area contributed by atoms with Crippen LogP contribution in [0.4, 0.5) is 0 Å². The van der Waals surface area contributed by atoms with Crippen LogP contribution in [0.1, 0.15) is 30.5 Å². The lowest BCUT2D eigenvalue weighted by atomic mass is 9.97. The smallest absolute Gasteiger partial charge is 0.241 e. The number of amides is 1. The second kappa shape index (κ2) is 7.16. The summed E-state index contributed by atoms with van der Waals surface area (Å²) in [6.45, 7) is 1.21. The van der Waals surface area contributed by atoms with Crippen molar-refractivity contribution >= 4 is 15.9 Å². The molecule has 144 valence electrons. The fraction of sp³-hybridized carbons (Fsp3) is 0.438. The van der Waals surface area contributed by atoms with Gasteiger partial charge in [-0.15, -0.1) is 0 Å². The zero-order valence-electron chi connectivity index (χ0n) is 14.3. The van der Waals surface area contributed by atoms with Gasteiger partial charge < -0.3 is 19.3 Å². The summed E-state index contributed by atoms with van der Waals surface area (Å²) >= 11 is 0. The second-order valence-corrected chi connectivity index (χ2v) is 7.98. The van der Waals surface area contributed by atoms with Crippen molar-refractivity contribution in [2.45, 2.75) is 30.2 Å². The number of hydrogen-bond donors (Lipinski definition) is 2. The van der Waals surface area contributed by atoms with Crippen LogP contribution in [0.3, 0.4) is 0 Å². The number of rotatable bonds is 5. The van der Waals surface area contributed by atoms with Crippen molar-refractivity contribution in [1.82, 2.24) is 20.2 Å². The number of fused-ring (bicyclic) bond motifs is 1. The van der Waals surface area contributed by atoms with Gasteiger partial charge in [0.1, 0.15) is 13.2 Å². The maximum Gasteiger partial charge on any atom is 0.241 e. The molecular formula is C16H18N4O6S. The van der Waals surface area contributed by atoms with Crippen molar-refractivity contribution in [2.24, 2.45) is 0 Å². The molecule has 0 radical (unpaired) electrons. The van der Waals surface area contributed by atoms with Crippen LogP contribution in [-0.2, 0) is 21.4 Å². The van der Waals surface area contributed by atoms with Crippen molar-refractivity contribution in [2.75, 3.05) is 19.8 Å². The van der Waals surface area contributed by atoms with Gasteiger partial charge in [0.2, 0.25) is 21.8 Å². The van der Waals surface area contributed by atoms with Crippen LogP contribution in [0.2, 0.25) is 0 Å². The fourth-order valence-corrected chi connectivity index (χ4v) is 3.93. The van der Waals surface area contributed by atoms with E-state index in [9.17, 15) is 13.2 Å². The first-order valence-electron chi connectivity index (χ1n) is 8.50. The Morgan fingerprint density at radius 1 is 1.22 bits per heavy atom. The van der Waals surface area contributed by atoms with Gasteiger partial charge >= 0.3 is 0 Å². The molecule has 27 heavy (non-hydrogen) atoms. The largest absolute Gasteiger partial charge is 0.486 e. The summed E-state index contributed by atoms with van der Waals surface area (Å²) in [5.74, 6) is 1.27. The minimum absolute atomic E-state index is 0.0513. The molecule has 2 aliphatic heterocycles. The minimum atomic E-state index is -3.79. The molecule has 2 N–H and O–H groups in total. The van der Waals surface area contributed by atoms with Crippen molar-refractivity contribution in [3.63, 3.8) is 0 Å². The lowest BCUT2D eigenvalue weighted by Crippen LogP contribution is -2.32. The first-order valence-corrected chi connectivity index (χ1v) is 9.98. The van der Waals surface area contributed by atoms with Gasteiger partial charge in [-0.1, -0.05) is 5.16 Å². The number of carbonyl (C=O) groups is 1. The first kappa shape index (κ1) is 17.7. The Morgan fingerprint density at radius 2 is 2.04 bits per heavy atom. The van der Waals surface area contributed by atoms with Crippen LogP contribution in [-0.4, -0.2) is 44.2 Å². The number of piperidine rings is 1. The van der Waals surface area contributed by atoms with E-state index in [-0.39, 0.29) is 29.2 Å². The normalized spacial score (nSPS) is 19.6. The molecule has 1 atom stereocenters. The van der Waals surface area contributed by atoms with E-state index in [1.165, 1.54) is 12.1 Å². The van der Waals surface area contributed by atoms with Gasteiger partial charge in [-0.25, -0.2) is 13.1 Å². The van der Waals surface area contributed by atoms with Crippen LogP contribution >= 0.6 is 0 Å². The molecule has 2 aromatic rings. The molecule has 1 aromatic heterocycles. The van der Waals surface area contributed by atoms with Crippen molar-refractivity contribution in [1.29, 1.82) is 0 Å². The van der Waals surface area contributed by atoms with Gasteiger partial charge in [0.05, 0.1) is 11.4 Å². The lowest BCUT2D eigenvalue weighted by molar-refractivity contribution is -0.122. The predicted octanol–water partition coefficient (Wildman–Crippen LogP) is 0.313. The zero-order valence-corrected chi connectivity index (χ0v) is 15.1. The molecule has 1 saturated heterocycles. The number of sulfonamides is 1. The van der Waals surface area contributed by atoms with E-state index in [1.807, 2.05) is 0 Å². The average Bonchev–Trinajstić information content (AvgIpc) is 3.15. The maximum atomic E-state index is 12.5. The Labute approximate surface area is 155 Å². The summed E-state index contributed by atoms with van der Waals surface area (Å²) in [5, 5.41) is 6.61. The molecule has 4 rings (SSSR count). The Kier molecular flexibility index (Phi) is 4.70. The number of nitrogens with zero attached hydrogens (tertiary/aromatic N) is 2. The Morgan fingerprint density at radius 3 is 2.85 bits per heavy atom. The van der Waals surface area contributed by atoms with Crippen molar-refractivity contribution in [3.8, 4) is 11.5 Å². The molecule has 1 aromatic carbocycles. The predicted molar refractivity (Wildman–Crippen MR) is 90.7 cm³/mol. The van der Waals surface area contributed by atoms with Gasteiger partial charge in [0.15, 0.2) is 17.3 Å². The summed E-state index contributed by atoms with van der Waals surface area (Å²) in [4.78, 5) is 15.7. The number of ether oxygens (including phenoxy) is 2. The highest BCUT2D eigenvalue weighted by molar-refractivity contribution is 7.89. The van der Waals surface area contributed by atoms with Gasteiger partial charge in [-0.2, -0.15) is 4.98 Å². The number of benzene rings is 1. The van der Waals surface area contributed by atoms with Gasteiger partial charge in [0, 0.05) is 24.9 Å². The number of aromatic nitrogens is 2. The van der Waals surface area contributed by atoms with E-state index in [2.05, 4.69) is 20.2 Å². The molecule has 2 aliphatic rings. The van der Waals surface area contributed by atoms with Gasteiger partial charge in [-0.05, 0) is 18.6 Å². The van der Waals surface area contributed by atoms with Gasteiger partial charge in [0.25, 0.3) is 0 Å². The Bertz CT molecular complexity index is 958. The lowest BCUT2D eigenvalue weighted by Gasteiger charge is -2.18. The highest BCUT2D eigenvalue weighted by atomic mass is 32.2. The summed E-state index contributed by atoms with van der Waals surface area (Å²) in [6.07, 6.45) is 1.01. The monoisotopic (exact) mass is 394 g/mol. The first-order chi connectivity index (χ1) is 13.0. The van der Waals surface area contributed by atoms with E-state index < -0.39 is 10.0 Å². The molecule has 0 saturated carbocycles. The summed E-state index contributed by atoms with van der Waals surface area (Å²) in [7, 11) is -3.79. The Hall–Kier alpha value is -2.66. The molecule has 1 unspecified atom stereocenters. The molecular weight excluding hydrogens is 376 g/mol. The average molecular weight is 394 g/mol. The number of carbonyl (C=O) groups excluding carboxylic acids is 1. The van der Waals surface area contributed by atoms with E-state index in [4.69, 9.17) is 14.0 Å². The fourth-order valence-electron chi connectivity index (χ4n) is 2.94. The van der Waals surface area contributed by atoms with Crippen molar-refractivity contribution < 1.29 is 27.2 Å². The minimum Gasteiger partial charge on any atom is -0.486 e. The molecule has 0 bridgehead atoms. The quantitative estimate of drug-likeness (QED) is 0.740. The highest BCUT2D eigenvalue weighted by Crippen LogP contribution is 2.32. The van der Waals surface area contributed by atoms with Crippen LogP contribution in [0.25, 0.3) is 0 Å². The molecule has 0 spiro atoms. The molecule has 1 amide bonds. The van der Waals surface area contributed by atoms with Crippen LogP contribution in [0.15, 0.2) is 27.6 Å². The molecule has 11 heteroatoms. The molecule has 3 heterocycles. The van der Waals surface area contributed by atoms with Crippen LogP contribution in [0.5, 0.6) is 11.5 Å². The second-order valence-electron chi connectivity index (χ2n) is 6.22. The summed E-state index contributed by atoms with van der Waals surface area (Å²) in [6, 6.07) is 4.41. The van der Waals surface area contributed by atoms with Crippen molar-refractivity contribution in [3.05, 3.63) is 29.9 Å². The number of nitrogens with one attached hydrogen (secondary N) is 2. The summed E-state index contributed by atoms with van der Waals surface area (Å²) < 4.78 is 43.3. The SMILES string of the molecule is O=C1CC(c2noc(CNS(=O)(=O)c3ccc4c(c3)OCCO4)n2)CCN1. The van der Waals surface area contributed by atoms with E-state index in [0.717, 1.165) is 0 Å². The van der Waals surface area contributed by atoms with E-state index in [1.54, 1.807) is 6.07 Å². The zero-order chi connectivity index (χ0) is 18.9. The molecule has 10 nitrogen and oxygen atoms in total. The molecule has 1 fully saturated rings. The molecule has 0 aliphatic carbocycles. The van der Waals surface area contributed by atoms with Crippen LogP contribution < -0.4 is 19.5 Å². The highest BCUT2D eigenvalue weighted by Gasteiger charge is 2.26. The van der Waals surface area contributed by atoms with E-state index >= 15 is 0 Å². The van der Waals surface area contributed by atoms with Gasteiger partial charge in [-0.3, -0.25) is 4.79 Å². The Balaban J connectivity index is 1.43. The third-order valence-corrected chi connectivity index (χ3v) is 5.73. The van der Waals surface area contributed by atoms with Crippen LogP contribution in [0, 0.1) is 0 Å². The third kappa shape index (κ3) is 3.88. The third-order valence-electron chi connectivity index (χ3n) is 4.33. The van der Waals surface area contributed by atoms with E-state index in [0.29, 0.717) is 49.9 Å². The number of hydrogen-bond acceptors (Lipinski definition) is 8. The standard InChI is InChI=1S/C16H18N4O6S/c21-14-7-10(3-4-17-14)16-19-15(26-20-16)9-18-27(22,23)11-1-2-12-13(8-11)25-6-5-24-12/h1-2,8,10,18H,3-7,9H2,(H,17,21).